The summed E-state index contributed by atoms with van der Waals surface area (Å²) in [5.74, 6) is 0.0359. The summed E-state index contributed by atoms with van der Waals surface area (Å²) in [6, 6.07) is 1.85. The normalized spacial score (nSPS) is 11.4. The summed E-state index contributed by atoms with van der Waals surface area (Å²) >= 11 is 8.24. The average Bonchev–Trinajstić information content (AvgIpc) is 2.53. The number of carbonyl (C=O) groups excluding carboxylic acids is 1. The summed E-state index contributed by atoms with van der Waals surface area (Å²) in [4.78, 5) is 14.9. The zero-order valence-electron chi connectivity index (χ0n) is 10.1. The molecule has 0 aromatic carbocycles. The molecule has 1 aromatic heterocycles. The molecule has 2 nitrogen and oxygen atoms in total. The van der Waals surface area contributed by atoms with E-state index in [1.165, 1.54) is 11.3 Å². The van der Waals surface area contributed by atoms with Gasteiger partial charge in [-0.2, -0.15) is 0 Å². The lowest BCUT2D eigenvalue weighted by Crippen LogP contribution is -2.45. The van der Waals surface area contributed by atoms with Gasteiger partial charge in [0.25, 0.3) is 5.91 Å². The third-order valence-corrected chi connectivity index (χ3v) is 5.47. The van der Waals surface area contributed by atoms with E-state index in [4.69, 9.17) is 0 Å². The maximum absolute atomic E-state index is 12.4. The molecule has 0 saturated carbocycles. The molecule has 0 spiro atoms. The van der Waals surface area contributed by atoms with Gasteiger partial charge in [0.05, 0.1) is 8.66 Å². The molecule has 0 aliphatic rings. The van der Waals surface area contributed by atoms with E-state index in [1.807, 2.05) is 31.7 Å². The fraction of sp³-hybridized carbons (Fsp3) is 0.417. The van der Waals surface area contributed by atoms with Gasteiger partial charge in [-0.05, 0) is 58.7 Å². The molecule has 0 N–H and O–H groups in total. The molecule has 0 fully saturated rings. The Bertz CT molecular complexity index is 415. The molecule has 94 valence electrons. The number of rotatable bonds is 3. The third kappa shape index (κ3) is 3.66. The van der Waals surface area contributed by atoms with E-state index in [-0.39, 0.29) is 11.4 Å². The first-order valence-electron chi connectivity index (χ1n) is 5.15. The van der Waals surface area contributed by atoms with Crippen molar-refractivity contribution in [2.24, 2.45) is 0 Å². The molecule has 0 saturated heterocycles. The molecule has 1 heterocycles. The number of hydrogen-bond acceptors (Lipinski definition) is 2. The zero-order valence-corrected chi connectivity index (χ0v) is 14.1. The van der Waals surface area contributed by atoms with Crippen molar-refractivity contribution in [3.8, 4) is 0 Å². The van der Waals surface area contributed by atoms with E-state index in [1.54, 1.807) is 6.08 Å². The van der Waals surface area contributed by atoms with Crippen molar-refractivity contribution >= 4 is 49.1 Å². The van der Waals surface area contributed by atoms with Gasteiger partial charge in [0.2, 0.25) is 0 Å². The molecule has 1 aromatic rings. The van der Waals surface area contributed by atoms with Gasteiger partial charge in [0.15, 0.2) is 0 Å². The van der Waals surface area contributed by atoms with Crippen LogP contribution in [-0.2, 0) is 0 Å². The van der Waals surface area contributed by atoms with Gasteiger partial charge in [-0.3, -0.25) is 4.79 Å². The molecule has 0 atom stereocenters. The molecule has 0 bridgehead atoms. The monoisotopic (exact) mass is 379 g/mol. The van der Waals surface area contributed by atoms with E-state index in [0.717, 1.165) is 13.1 Å². The van der Waals surface area contributed by atoms with E-state index >= 15 is 0 Å². The summed E-state index contributed by atoms with van der Waals surface area (Å²) in [5, 5.41) is 0. The highest BCUT2D eigenvalue weighted by atomic mass is 79.9. The minimum absolute atomic E-state index is 0.0359. The van der Waals surface area contributed by atoms with Crippen LogP contribution in [0.5, 0.6) is 0 Å². The molecule has 5 heteroatoms. The van der Waals surface area contributed by atoms with Crippen LogP contribution in [0.4, 0.5) is 0 Å². The second-order valence-electron chi connectivity index (χ2n) is 4.61. The fourth-order valence-electron chi connectivity index (χ4n) is 1.38. The Morgan fingerprint density at radius 2 is 2.12 bits per heavy atom. The van der Waals surface area contributed by atoms with Crippen LogP contribution in [0.25, 0.3) is 0 Å². The Morgan fingerprint density at radius 3 is 2.47 bits per heavy atom. The Morgan fingerprint density at radius 1 is 1.53 bits per heavy atom. The van der Waals surface area contributed by atoms with Gasteiger partial charge in [-0.1, -0.05) is 6.08 Å². The lowest BCUT2D eigenvalue weighted by atomic mass is 10.1. The highest BCUT2D eigenvalue weighted by molar-refractivity contribution is 9.13. The van der Waals surface area contributed by atoms with Crippen LogP contribution >= 0.6 is 43.2 Å². The van der Waals surface area contributed by atoms with Crippen molar-refractivity contribution in [2.45, 2.75) is 26.3 Å². The van der Waals surface area contributed by atoms with E-state index in [0.29, 0.717) is 6.54 Å². The molecule has 0 unspecified atom stereocenters. The van der Waals surface area contributed by atoms with Crippen molar-refractivity contribution in [1.29, 1.82) is 0 Å². The predicted octanol–water partition coefficient (Wildman–Crippen LogP) is 4.70. The number of thiophene rings is 1. The molecular weight excluding hydrogens is 366 g/mol. The highest BCUT2D eigenvalue weighted by Crippen LogP contribution is 2.33. The summed E-state index contributed by atoms with van der Waals surface area (Å²) in [6.45, 7) is 10.3. The van der Waals surface area contributed by atoms with Crippen molar-refractivity contribution in [3.05, 3.63) is 31.9 Å². The van der Waals surface area contributed by atoms with Gasteiger partial charge < -0.3 is 4.90 Å². The summed E-state index contributed by atoms with van der Waals surface area (Å²) < 4.78 is 1.85. The van der Waals surface area contributed by atoms with Crippen molar-refractivity contribution < 1.29 is 4.79 Å². The van der Waals surface area contributed by atoms with E-state index in [2.05, 4.69) is 38.4 Å². The van der Waals surface area contributed by atoms with Crippen molar-refractivity contribution in [3.63, 3.8) is 0 Å². The third-order valence-electron chi connectivity index (χ3n) is 2.22. The Hall–Kier alpha value is -0.130. The Kier molecular flexibility index (Phi) is 4.98. The lowest BCUT2D eigenvalue weighted by molar-refractivity contribution is 0.0622. The number of carbonyl (C=O) groups is 1. The molecule has 0 radical (unpaired) electrons. The summed E-state index contributed by atoms with van der Waals surface area (Å²) in [6.07, 6.45) is 1.75. The minimum Gasteiger partial charge on any atom is -0.329 e. The van der Waals surface area contributed by atoms with Crippen LogP contribution < -0.4 is 0 Å². The molecule has 0 aliphatic carbocycles. The molecule has 1 rings (SSSR count). The fourth-order valence-corrected chi connectivity index (χ4v) is 3.36. The topological polar surface area (TPSA) is 20.3 Å². The first-order valence-corrected chi connectivity index (χ1v) is 7.55. The van der Waals surface area contributed by atoms with Crippen LogP contribution in [0.3, 0.4) is 0 Å². The maximum Gasteiger partial charge on any atom is 0.264 e. The number of nitrogens with zero attached hydrogens (tertiary/aromatic N) is 1. The SMILES string of the molecule is C=CCN(C(=O)c1cc(Br)c(Br)s1)C(C)(C)C. The summed E-state index contributed by atoms with van der Waals surface area (Å²) in [7, 11) is 0. The second kappa shape index (κ2) is 5.67. The largest absolute Gasteiger partial charge is 0.329 e. The van der Waals surface area contributed by atoms with E-state index < -0.39 is 0 Å². The predicted molar refractivity (Wildman–Crippen MR) is 80.7 cm³/mol. The van der Waals surface area contributed by atoms with Gasteiger partial charge in [0, 0.05) is 16.6 Å². The molecule has 1 amide bonds. The smallest absolute Gasteiger partial charge is 0.264 e. The minimum atomic E-state index is -0.214. The van der Waals surface area contributed by atoms with Crippen LogP contribution in [0, 0.1) is 0 Å². The Labute approximate surface area is 123 Å². The Balaban J connectivity index is 3.04. The van der Waals surface area contributed by atoms with Crippen LogP contribution in [0.2, 0.25) is 0 Å². The molecule has 17 heavy (non-hydrogen) atoms. The zero-order chi connectivity index (χ0) is 13.2. The summed E-state index contributed by atoms with van der Waals surface area (Å²) in [5.41, 5.74) is -0.214. The van der Waals surface area contributed by atoms with Gasteiger partial charge in [-0.25, -0.2) is 0 Å². The maximum atomic E-state index is 12.4. The van der Waals surface area contributed by atoms with E-state index in [9.17, 15) is 4.79 Å². The van der Waals surface area contributed by atoms with Crippen LogP contribution in [-0.4, -0.2) is 22.9 Å². The average molecular weight is 381 g/mol. The lowest BCUT2D eigenvalue weighted by Gasteiger charge is -2.34. The van der Waals surface area contributed by atoms with Crippen molar-refractivity contribution in [1.82, 2.24) is 4.90 Å². The number of halogens is 2. The number of amides is 1. The van der Waals surface area contributed by atoms with Gasteiger partial charge >= 0.3 is 0 Å². The highest BCUT2D eigenvalue weighted by Gasteiger charge is 2.27. The van der Waals surface area contributed by atoms with Crippen LogP contribution in [0.15, 0.2) is 27.0 Å². The first-order chi connectivity index (χ1) is 7.77. The molecular formula is C12H15Br2NOS. The molecule has 0 aliphatic heterocycles. The number of hydrogen-bond donors (Lipinski definition) is 0. The van der Waals surface area contributed by atoms with Crippen LogP contribution in [0.1, 0.15) is 30.4 Å². The van der Waals surface area contributed by atoms with Crippen molar-refractivity contribution in [2.75, 3.05) is 6.54 Å². The van der Waals surface area contributed by atoms with Gasteiger partial charge in [-0.15, -0.1) is 17.9 Å². The standard InChI is InChI=1S/C12H15Br2NOS/c1-5-6-15(12(2,3)4)11(16)9-7-8(13)10(14)17-9/h5,7H,1,6H2,2-4H3. The van der Waals surface area contributed by atoms with Gasteiger partial charge in [0.1, 0.15) is 0 Å². The first kappa shape index (κ1) is 14.9. The quantitative estimate of drug-likeness (QED) is 0.696. The second-order valence-corrected chi connectivity index (χ2v) is 7.83.